The second-order valence-corrected chi connectivity index (χ2v) is 5.40. The largest absolute Gasteiger partial charge is 0.493 e. The molecule has 0 aliphatic rings. The second-order valence-electron chi connectivity index (χ2n) is 4.48. The zero-order valence-corrected chi connectivity index (χ0v) is 12.7. The molecule has 0 spiro atoms. The molecule has 0 atom stereocenters. The fourth-order valence-electron chi connectivity index (χ4n) is 1.31. The van der Waals surface area contributed by atoms with Gasteiger partial charge in [-0.3, -0.25) is 0 Å². The van der Waals surface area contributed by atoms with E-state index in [4.69, 9.17) is 16.2 Å². The Morgan fingerprint density at radius 3 is 2.79 bits per heavy atom. The predicted molar refractivity (Wildman–Crippen MR) is 82.5 cm³/mol. The molecule has 0 aromatic heterocycles. The van der Waals surface area contributed by atoms with Crippen LogP contribution in [0.5, 0.6) is 5.75 Å². The summed E-state index contributed by atoms with van der Waals surface area (Å²) in [5, 5.41) is 7.37. The second kappa shape index (κ2) is 7.78. The molecular weight excluding hydrogens is 308 g/mol. The van der Waals surface area contributed by atoms with Gasteiger partial charge in [-0.1, -0.05) is 29.8 Å². The molecule has 0 saturated carbocycles. The fourth-order valence-corrected chi connectivity index (χ4v) is 1.69. The Balaban J connectivity index is 2.79. The highest BCUT2D eigenvalue weighted by molar-refractivity contribution is 9.10. The smallest absolute Gasteiger partial charge is 0.211 e. The Morgan fingerprint density at radius 1 is 1.42 bits per heavy atom. The Labute approximate surface area is 121 Å². The van der Waals surface area contributed by atoms with E-state index in [2.05, 4.69) is 40.0 Å². The lowest BCUT2D eigenvalue weighted by Gasteiger charge is -2.10. The lowest BCUT2D eigenvalue weighted by atomic mass is 10.1. The van der Waals surface area contributed by atoms with Crippen LogP contribution in [0.4, 0.5) is 0 Å². The van der Waals surface area contributed by atoms with Gasteiger partial charge in [0, 0.05) is 10.0 Å². The van der Waals surface area contributed by atoms with Crippen molar-refractivity contribution >= 4 is 28.1 Å². The summed E-state index contributed by atoms with van der Waals surface area (Å²) >= 11 is 3.41. The number of halogens is 1. The third-order valence-electron chi connectivity index (χ3n) is 2.29. The predicted octanol–water partition coefficient (Wildman–Crippen LogP) is 2.48. The van der Waals surface area contributed by atoms with Gasteiger partial charge >= 0.3 is 0 Å². The quantitative estimate of drug-likeness (QED) is 0.478. The van der Waals surface area contributed by atoms with E-state index < -0.39 is 0 Å². The summed E-state index contributed by atoms with van der Waals surface area (Å²) in [4.78, 5) is 0. The number of nitrogens with two attached hydrogens (primary N) is 2. The van der Waals surface area contributed by atoms with E-state index in [1.807, 2.05) is 18.2 Å². The van der Waals surface area contributed by atoms with Gasteiger partial charge in [-0.2, -0.15) is 5.10 Å². The third kappa shape index (κ3) is 6.24. The molecule has 0 aliphatic heterocycles. The maximum atomic E-state index is 5.74. The molecule has 19 heavy (non-hydrogen) atoms. The summed E-state index contributed by atoms with van der Waals surface area (Å²) in [6, 6.07) is 5.71. The van der Waals surface area contributed by atoms with Gasteiger partial charge in [-0.05, 0) is 30.5 Å². The van der Waals surface area contributed by atoms with Crippen LogP contribution in [-0.4, -0.2) is 18.8 Å². The number of ether oxygens (including phenoxy) is 1. The van der Waals surface area contributed by atoms with Crippen molar-refractivity contribution in [3.63, 3.8) is 0 Å². The van der Waals surface area contributed by atoms with Crippen molar-refractivity contribution in [1.82, 2.24) is 0 Å². The average molecular weight is 327 g/mol. The molecule has 0 unspecified atom stereocenters. The number of hydrogen-bond donors (Lipinski definition) is 2. The van der Waals surface area contributed by atoms with Crippen LogP contribution in [0.15, 0.2) is 32.9 Å². The third-order valence-corrected chi connectivity index (χ3v) is 2.79. The van der Waals surface area contributed by atoms with Crippen LogP contribution in [0.1, 0.15) is 25.8 Å². The van der Waals surface area contributed by atoms with Gasteiger partial charge in [0.15, 0.2) is 0 Å². The van der Waals surface area contributed by atoms with Crippen molar-refractivity contribution in [1.29, 1.82) is 0 Å². The van der Waals surface area contributed by atoms with E-state index >= 15 is 0 Å². The normalized spacial score (nSPS) is 10.9. The molecule has 6 heteroatoms. The summed E-state index contributed by atoms with van der Waals surface area (Å²) in [5.74, 6) is 1.29. The zero-order chi connectivity index (χ0) is 14.3. The molecule has 0 fully saturated rings. The van der Waals surface area contributed by atoms with Crippen LogP contribution in [0.3, 0.4) is 0 Å². The highest BCUT2D eigenvalue weighted by atomic mass is 79.9. The number of guanidine groups is 1. The molecule has 1 aromatic rings. The first kappa shape index (κ1) is 15.5. The molecule has 0 saturated heterocycles. The van der Waals surface area contributed by atoms with E-state index in [1.165, 1.54) is 0 Å². The van der Waals surface area contributed by atoms with E-state index in [1.54, 1.807) is 6.21 Å². The molecule has 1 aromatic carbocycles. The molecule has 0 heterocycles. The Kier molecular flexibility index (Phi) is 6.35. The minimum absolute atomic E-state index is 0.0754. The van der Waals surface area contributed by atoms with Crippen molar-refractivity contribution in [3.8, 4) is 5.75 Å². The standard InChI is InChI=1S/C13H19BrN4O/c1-9(2)5-6-19-12-4-3-11(14)7-10(12)8-17-18-13(15)16/h3-4,7-9H,5-6H2,1-2H3,(H4,15,16,18). The van der Waals surface area contributed by atoms with Crippen LogP contribution < -0.4 is 16.2 Å². The van der Waals surface area contributed by atoms with Crippen LogP contribution in [0, 0.1) is 5.92 Å². The van der Waals surface area contributed by atoms with Crippen molar-refractivity contribution in [2.75, 3.05) is 6.61 Å². The van der Waals surface area contributed by atoms with Gasteiger partial charge in [-0.25, -0.2) is 0 Å². The molecule has 5 nitrogen and oxygen atoms in total. The highest BCUT2D eigenvalue weighted by Gasteiger charge is 2.03. The van der Waals surface area contributed by atoms with Crippen LogP contribution >= 0.6 is 15.9 Å². The van der Waals surface area contributed by atoms with Gasteiger partial charge < -0.3 is 16.2 Å². The summed E-state index contributed by atoms with van der Waals surface area (Å²) in [7, 11) is 0. The highest BCUT2D eigenvalue weighted by Crippen LogP contribution is 2.22. The van der Waals surface area contributed by atoms with Crippen molar-refractivity contribution in [2.45, 2.75) is 20.3 Å². The first-order valence-electron chi connectivity index (χ1n) is 6.03. The number of benzene rings is 1. The first-order valence-corrected chi connectivity index (χ1v) is 6.82. The molecule has 1 rings (SSSR count). The van der Waals surface area contributed by atoms with Gasteiger partial charge in [0.05, 0.1) is 12.8 Å². The molecular formula is C13H19BrN4O. The van der Waals surface area contributed by atoms with Crippen molar-refractivity contribution in [3.05, 3.63) is 28.2 Å². The van der Waals surface area contributed by atoms with Gasteiger partial charge in [0.2, 0.25) is 5.96 Å². The average Bonchev–Trinajstić information content (AvgIpc) is 2.31. The van der Waals surface area contributed by atoms with Crippen molar-refractivity contribution in [2.24, 2.45) is 27.6 Å². The van der Waals surface area contributed by atoms with E-state index in [9.17, 15) is 0 Å². The van der Waals surface area contributed by atoms with E-state index in [0.717, 1.165) is 22.2 Å². The minimum Gasteiger partial charge on any atom is -0.493 e. The maximum absolute atomic E-state index is 5.74. The molecule has 0 bridgehead atoms. The zero-order valence-electron chi connectivity index (χ0n) is 11.1. The Hall–Kier alpha value is -1.56. The van der Waals surface area contributed by atoms with E-state index in [-0.39, 0.29) is 5.96 Å². The molecule has 104 valence electrons. The molecule has 0 amide bonds. The minimum atomic E-state index is -0.0754. The molecule has 0 radical (unpaired) electrons. The SMILES string of the molecule is CC(C)CCOc1ccc(Br)cc1C=NN=C(N)N. The topological polar surface area (TPSA) is 86.0 Å². The van der Waals surface area contributed by atoms with Crippen LogP contribution in [-0.2, 0) is 0 Å². The number of nitrogens with zero attached hydrogens (tertiary/aromatic N) is 2. The maximum Gasteiger partial charge on any atom is 0.211 e. The van der Waals surface area contributed by atoms with Gasteiger partial charge in [-0.15, -0.1) is 5.10 Å². The summed E-state index contributed by atoms with van der Waals surface area (Å²) in [6.45, 7) is 4.99. The van der Waals surface area contributed by atoms with Crippen LogP contribution in [0.2, 0.25) is 0 Å². The number of rotatable bonds is 6. The fraction of sp³-hybridized carbons (Fsp3) is 0.385. The lowest BCUT2D eigenvalue weighted by Crippen LogP contribution is -2.21. The lowest BCUT2D eigenvalue weighted by molar-refractivity contribution is 0.289. The molecule has 4 N–H and O–H groups in total. The van der Waals surface area contributed by atoms with Gasteiger partial charge in [0.1, 0.15) is 5.75 Å². The first-order chi connectivity index (χ1) is 8.99. The summed E-state index contributed by atoms with van der Waals surface area (Å²) < 4.78 is 6.68. The number of hydrogen-bond acceptors (Lipinski definition) is 3. The Morgan fingerprint density at radius 2 is 2.16 bits per heavy atom. The summed E-state index contributed by atoms with van der Waals surface area (Å²) in [6.07, 6.45) is 2.57. The van der Waals surface area contributed by atoms with Gasteiger partial charge in [0.25, 0.3) is 0 Å². The molecule has 0 aliphatic carbocycles. The van der Waals surface area contributed by atoms with E-state index in [0.29, 0.717) is 12.5 Å². The monoisotopic (exact) mass is 326 g/mol. The Bertz CT molecular complexity index is 468. The van der Waals surface area contributed by atoms with Crippen molar-refractivity contribution < 1.29 is 4.74 Å². The summed E-state index contributed by atoms with van der Waals surface area (Å²) in [5.41, 5.74) is 11.2. The van der Waals surface area contributed by atoms with Crippen LogP contribution in [0.25, 0.3) is 0 Å².